The highest BCUT2D eigenvalue weighted by Crippen LogP contribution is 2.22. The third-order valence-corrected chi connectivity index (χ3v) is 10.5. The van der Waals surface area contributed by atoms with E-state index in [0.717, 1.165) is 32.9 Å². The van der Waals surface area contributed by atoms with Gasteiger partial charge in [-0.25, -0.2) is 9.59 Å². The van der Waals surface area contributed by atoms with Crippen LogP contribution in [0.4, 0.5) is 4.79 Å². The van der Waals surface area contributed by atoms with E-state index < -0.39 is 66.4 Å². The fourth-order valence-electron chi connectivity index (χ4n) is 7.38. The number of H-pyrrole nitrogens is 2. The van der Waals surface area contributed by atoms with Gasteiger partial charge in [-0.05, 0) is 67.5 Å². The van der Waals surface area contributed by atoms with Crippen molar-refractivity contribution >= 4 is 57.5 Å². The van der Waals surface area contributed by atoms with Crippen molar-refractivity contribution in [2.45, 2.75) is 75.7 Å². The molecule has 1 aliphatic rings. The van der Waals surface area contributed by atoms with Crippen LogP contribution in [0.15, 0.2) is 91.3 Å². The first-order valence-corrected chi connectivity index (χ1v) is 19.8. The number of nitrogens with two attached hydrogens (primary N) is 1. The van der Waals surface area contributed by atoms with Gasteiger partial charge in [-0.15, -0.1) is 0 Å². The zero-order valence-electron chi connectivity index (χ0n) is 32.6. The van der Waals surface area contributed by atoms with Gasteiger partial charge in [0.05, 0.1) is 6.54 Å². The fourth-order valence-corrected chi connectivity index (χ4v) is 7.38. The van der Waals surface area contributed by atoms with E-state index >= 15 is 0 Å². The van der Waals surface area contributed by atoms with E-state index in [1.54, 1.807) is 24.5 Å². The molecule has 16 nitrogen and oxygen atoms in total. The molecule has 1 saturated heterocycles. The number of aliphatic carboxylic acids is 1. The first kappa shape index (κ1) is 41.9. The van der Waals surface area contributed by atoms with Gasteiger partial charge in [-0.2, -0.15) is 0 Å². The van der Waals surface area contributed by atoms with Gasteiger partial charge in [-0.3, -0.25) is 19.2 Å². The van der Waals surface area contributed by atoms with Crippen LogP contribution in [0.25, 0.3) is 21.8 Å². The highest BCUT2D eigenvalue weighted by molar-refractivity contribution is 5.96. The third kappa shape index (κ3) is 11.0. The lowest BCUT2D eigenvalue weighted by Crippen LogP contribution is -2.57. The molecule has 0 radical (unpaired) electrons. The number of aromatic nitrogens is 2. The first-order valence-electron chi connectivity index (χ1n) is 19.8. The van der Waals surface area contributed by atoms with E-state index in [1.807, 2.05) is 66.7 Å². The Hall–Kier alpha value is -6.68. The Bertz CT molecular complexity index is 2260. The fraction of sp³-hybridized carbons (Fsp3) is 0.349. The van der Waals surface area contributed by atoms with Crippen molar-refractivity contribution < 1.29 is 38.6 Å². The lowest BCUT2D eigenvalue weighted by atomic mass is 10.0. The summed E-state index contributed by atoms with van der Waals surface area (Å²) in [7, 11) is 0. The average molecular weight is 807 g/mol. The Labute approximate surface area is 340 Å². The molecule has 1 aliphatic heterocycles. The van der Waals surface area contributed by atoms with Gasteiger partial charge < -0.3 is 51.7 Å². The minimum atomic E-state index is -1.31. The number of unbranched alkanes of at least 4 members (excludes halogenated alkanes) is 1. The van der Waals surface area contributed by atoms with Crippen molar-refractivity contribution in [1.29, 1.82) is 0 Å². The number of carbonyl (C=O) groups is 6. The van der Waals surface area contributed by atoms with E-state index in [-0.39, 0.29) is 32.4 Å². The van der Waals surface area contributed by atoms with E-state index in [1.165, 1.54) is 4.90 Å². The molecule has 2 aromatic heterocycles. The Balaban J connectivity index is 1.11. The number of ether oxygens (including phenoxy) is 1. The number of carboxylic acids is 1. The molecule has 59 heavy (non-hydrogen) atoms. The standard InChI is InChI=1S/C43H50N8O8/c44-19-9-8-17-34(50-43(58)59-26-27-11-2-1-3-12-27)39(53)47-25-38(52)51-20-10-18-37(51)41(55)48-35(21-28-23-45-32-15-6-4-13-30(28)32)40(54)49-36(42(56)57)22-29-24-46-33-16-7-5-14-31(29)33/h1-7,11-16,23-24,34-37,45-46H,8-10,17-22,25-26,44H2,(H,47,53)(H,48,55)(H,49,54)(H,50,58)(H,56,57)/t34-,35-,36-,37-/m0/s1. The van der Waals surface area contributed by atoms with Gasteiger partial charge in [0.1, 0.15) is 30.8 Å². The Morgan fingerprint density at radius 2 is 1.39 bits per heavy atom. The summed E-state index contributed by atoms with van der Waals surface area (Å²) in [5.74, 6) is -3.65. The van der Waals surface area contributed by atoms with Gasteiger partial charge in [-0.1, -0.05) is 66.7 Å². The molecule has 3 aromatic carbocycles. The molecule has 0 unspecified atom stereocenters. The van der Waals surface area contributed by atoms with E-state index in [4.69, 9.17) is 10.5 Å². The summed E-state index contributed by atoms with van der Waals surface area (Å²) < 4.78 is 5.30. The van der Waals surface area contributed by atoms with Crippen LogP contribution in [-0.4, -0.2) is 99.5 Å². The van der Waals surface area contributed by atoms with Crippen molar-refractivity contribution in [2.75, 3.05) is 19.6 Å². The molecule has 0 bridgehead atoms. The molecule has 0 aliphatic carbocycles. The molecule has 4 atom stereocenters. The number of alkyl carbamates (subject to hydrolysis) is 1. The number of carbonyl (C=O) groups excluding carboxylic acids is 5. The molecule has 9 N–H and O–H groups in total. The highest BCUT2D eigenvalue weighted by Gasteiger charge is 2.37. The highest BCUT2D eigenvalue weighted by atomic mass is 16.5. The predicted octanol–water partition coefficient (Wildman–Crippen LogP) is 3.02. The van der Waals surface area contributed by atoms with E-state index in [9.17, 15) is 33.9 Å². The number of para-hydroxylation sites is 2. The van der Waals surface area contributed by atoms with Crippen molar-refractivity contribution in [3.05, 3.63) is 108 Å². The number of nitrogens with one attached hydrogen (secondary N) is 6. The number of rotatable bonds is 19. The van der Waals surface area contributed by atoms with Crippen molar-refractivity contribution in [3.63, 3.8) is 0 Å². The second-order valence-electron chi connectivity index (χ2n) is 14.6. The van der Waals surface area contributed by atoms with Gasteiger partial charge in [0.25, 0.3) is 0 Å². The van der Waals surface area contributed by atoms with Crippen LogP contribution in [0.3, 0.4) is 0 Å². The van der Waals surface area contributed by atoms with Crippen LogP contribution in [-0.2, 0) is 48.2 Å². The molecule has 0 saturated carbocycles. The summed E-state index contributed by atoms with van der Waals surface area (Å²) in [5.41, 5.74) is 9.51. The Kier molecular flexibility index (Phi) is 14.3. The summed E-state index contributed by atoms with van der Waals surface area (Å²) in [4.78, 5) is 87.7. The molecule has 5 aromatic rings. The lowest BCUT2D eigenvalue weighted by Gasteiger charge is -2.27. The minimum absolute atomic E-state index is 0.00622. The summed E-state index contributed by atoms with van der Waals surface area (Å²) in [6.45, 7) is 0.210. The van der Waals surface area contributed by atoms with Crippen LogP contribution in [0.1, 0.15) is 48.8 Å². The summed E-state index contributed by atoms with van der Waals surface area (Å²) in [6, 6.07) is 19.5. The third-order valence-electron chi connectivity index (χ3n) is 10.5. The van der Waals surface area contributed by atoms with Gasteiger partial charge in [0, 0.05) is 53.6 Å². The van der Waals surface area contributed by atoms with Crippen molar-refractivity contribution in [1.82, 2.24) is 36.1 Å². The van der Waals surface area contributed by atoms with Crippen LogP contribution < -0.4 is 27.0 Å². The maximum Gasteiger partial charge on any atom is 0.408 e. The number of hydrogen-bond acceptors (Lipinski definition) is 8. The van der Waals surface area contributed by atoms with Gasteiger partial charge >= 0.3 is 12.1 Å². The molecule has 3 heterocycles. The number of hydrogen-bond donors (Lipinski definition) is 8. The largest absolute Gasteiger partial charge is 0.480 e. The molecule has 1 fully saturated rings. The van der Waals surface area contributed by atoms with Crippen LogP contribution in [0, 0.1) is 0 Å². The number of carboxylic acid groups (broad SMARTS) is 1. The molecular formula is C43H50N8O8. The van der Waals surface area contributed by atoms with E-state index in [2.05, 4.69) is 31.2 Å². The number of likely N-dealkylation sites (tertiary alicyclic amines) is 1. The number of fused-ring (bicyclic) bond motifs is 2. The molecule has 310 valence electrons. The minimum Gasteiger partial charge on any atom is -0.480 e. The molecule has 16 heteroatoms. The van der Waals surface area contributed by atoms with Gasteiger partial charge in [0.15, 0.2) is 0 Å². The summed E-state index contributed by atoms with van der Waals surface area (Å²) >= 11 is 0. The number of amides is 5. The zero-order valence-corrected chi connectivity index (χ0v) is 32.6. The van der Waals surface area contributed by atoms with Crippen LogP contribution in [0.5, 0.6) is 0 Å². The SMILES string of the molecule is NCCCC[C@H](NC(=O)OCc1ccccc1)C(=O)NCC(=O)N1CCC[C@H]1C(=O)N[C@@H](Cc1c[nH]c2ccccc12)C(=O)N[C@@H](Cc1c[nH]c2ccccc12)C(=O)O. The average Bonchev–Trinajstić information content (AvgIpc) is 4.01. The smallest absolute Gasteiger partial charge is 0.408 e. The van der Waals surface area contributed by atoms with Crippen LogP contribution in [0.2, 0.25) is 0 Å². The number of nitrogens with zero attached hydrogens (tertiary/aromatic N) is 1. The summed E-state index contributed by atoms with van der Waals surface area (Å²) in [5, 5.41) is 22.5. The zero-order chi connectivity index (χ0) is 41.7. The maximum absolute atomic E-state index is 14.0. The quantitative estimate of drug-likeness (QED) is 0.0572. The Morgan fingerprint density at radius 1 is 0.763 bits per heavy atom. The molecule has 6 rings (SSSR count). The van der Waals surface area contributed by atoms with Crippen LogP contribution >= 0.6 is 0 Å². The Morgan fingerprint density at radius 3 is 2.03 bits per heavy atom. The molecule has 5 amide bonds. The lowest BCUT2D eigenvalue weighted by molar-refractivity contribution is -0.142. The maximum atomic E-state index is 14.0. The first-order chi connectivity index (χ1) is 28.6. The topological polar surface area (TPSA) is 241 Å². The molecule has 0 spiro atoms. The number of benzene rings is 3. The predicted molar refractivity (Wildman–Crippen MR) is 220 cm³/mol. The monoisotopic (exact) mass is 806 g/mol. The van der Waals surface area contributed by atoms with Gasteiger partial charge in [0.2, 0.25) is 23.6 Å². The van der Waals surface area contributed by atoms with Crippen molar-refractivity contribution in [2.24, 2.45) is 5.73 Å². The summed E-state index contributed by atoms with van der Waals surface area (Å²) in [6.07, 6.45) is 4.92. The molecular weight excluding hydrogens is 757 g/mol. The normalized spacial score (nSPS) is 15.3. The second kappa shape index (κ2) is 20.1. The van der Waals surface area contributed by atoms with Crippen molar-refractivity contribution in [3.8, 4) is 0 Å². The number of aromatic amines is 2. The second-order valence-corrected chi connectivity index (χ2v) is 14.6. The van der Waals surface area contributed by atoms with E-state index in [0.29, 0.717) is 37.8 Å².